The second kappa shape index (κ2) is 6.40. The third-order valence-corrected chi connectivity index (χ3v) is 4.87. The summed E-state index contributed by atoms with van der Waals surface area (Å²) < 4.78 is 1.83. The van der Waals surface area contributed by atoms with Gasteiger partial charge in [0.1, 0.15) is 0 Å². The first kappa shape index (κ1) is 16.5. The zero-order chi connectivity index (χ0) is 17.6. The van der Waals surface area contributed by atoms with E-state index in [0.29, 0.717) is 21.7 Å². The molecule has 2 N–H and O–H groups in total. The molecule has 2 aromatic carbocycles. The van der Waals surface area contributed by atoms with Crippen molar-refractivity contribution in [3.05, 3.63) is 80.5 Å². The molecule has 0 fully saturated rings. The van der Waals surface area contributed by atoms with Crippen molar-refractivity contribution in [1.82, 2.24) is 19.8 Å². The van der Waals surface area contributed by atoms with Gasteiger partial charge in [-0.25, -0.2) is 0 Å². The van der Waals surface area contributed by atoms with Crippen molar-refractivity contribution in [3.63, 3.8) is 0 Å². The zero-order valence-electron chi connectivity index (χ0n) is 13.1. The van der Waals surface area contributed by atoms with E-state index in [1.807, 2.05) is 28.8 Å². The van der Waals surface area contributed by atoms with Crippen molar-refractivity contribution in [2.75, 3.05) is 0 Å². The molecule has 0 spiro atoms. The summed E-state index contributed by atoms with van der Waals surface area (Å²) in [5.74, 6) is 1.13. The lowest BCUT2D eigenvalue weighted by molar-refractivity contribution is 0.308. The lowest BCUT2D eigenvalue weighted by Gasteiger charge is -2.36. The molecule has 1 aliphatic heterocycles. The summed E-state index contributed by atoms with van der Waals surface area (Å²) >= 11 is 12.6. The van der Waals surface area contributed by atoms with E-state index in [2.05, 4.69) is 10.2 Å². The molecule has 1 aromatic heterocycles. The van der Waals surface area contributed by atoms with Gasteiger partial charge in [-0.3, -0.25) is 4.57 Å². The maximum Gasteiger partial charge on any atom is 0.151 e. The topological polar surface area (TPSA) is 83.0 Å². The van der Waals surface area contributed by atoms with Gasteiger partial charge in [-0.1, -0.05) is 41.4 Å². The molecule has 6 nitrogen and oxygen atoms in total. The number of benzene rings is 2. The van der Waals surface area contributed by atoms with Gasteiger partial charge in [0.15, 0.2) is 11.6 Å². The van der Waals surface area contributed by atoms with Gasteiger partial charge >= 0.3 is 0 Å². The van der Waals surface area contributed by atoms with E-state index >= 15 is 0 Å². The van der Waals surface area contributed by atoms with Gasteiger partial charge in [-0.2, -0.15) is 0 Å². The molecule has 1 aliphatic rings. The van der Waals surface area contributed by atoms with Gasteiger partial charge in [-0.05, 0) is 35.4 Å². The molecular weight excluding hydrogens is 361 g/mol. The van der Waals surface area contributed by atoms with Crippen LogP contribution in [0, 0.1) is 5.21 Å². The smallest absolute Gasteiger partial charge is 0.151 e. The van der Waals surface area contributed by atoms with Crippen LogP contribution in [0.25, 0.3) is 5.69 Å². The molecule has 8 heteroatoms. The van der Waals surface area contributed by atoms with Crippen molar-refractivity contribution in [1.29, 1.82) is 0 Å². The van der Waals surface area contributed by atoms with Crippen LogP contribution in [0.15, 0.2) is 42.5 Å². The molecule has 0 saturated carbocycles. The number of hydrogen-bond donors (Lipinski definition) is 1. The van der Waals surface area contributed by atoms with Crippen molar-refractivity contribution in [3.8, 4) is 5.69 Å². The third kappa shape index (κ3) is 2.72. The molecule has 0 amide bonds. The number of hydrogen-bond acceptors (Lipinski definition) is 5. The number of rotatable bonds is 2. The Balaban J connectivity index is 2.01. The normalized spacial score (nSPS) is 17.0. The van der Waals surface area contributed by atoms with E-state index in [0.717, 1.165) is 21.9 Å². The Bertz CT molecular complexity index is 943. The summed E-state index contributed by atoms with van der Waals surface area (Å²) in [5.41, 5.74) is 8.04. The monoisotopic (exact) mass is 374 g/mol. The first-order valence-electron chi connectivity index (χ1n) is 7.71. The van der Waals surface area contributed by atoms with Crippen LogP contribution < -0.4 is 5.73 Å². The Kier molecular flexibility index (Phi) is 4.23. The quantitative estimate of drug-likeness (QED) is 0.742. The van der Waals surface area contributed by atoms with Crippen LogP contribution in [-0.4, -0.2) is 19.8 Å². The van der Waals surface area contributed by atoms with Crippen LogP contribution in [0.1, 0.15) is 28.8 Å². The van der Waals surface area contributed by atoms with Crippen LogP contribution in [-0.2, 0) is 13.1 Å². The predicted molar refractivity (Wildman–Crippen MR) is 96.5 cm³/mol. The molecule has 0 bridgehead atoms. The average Bonchev–Trinajstić information content (AvgIpc) is 2.94. The van der Waals surface area contributed by atoms with E-state index in [1.165, 1.54) is 0 Å². The molecule has 1 unspecified atom stereocenters. The highest BCUT2D eigenvalue weighted by molar-refractivity contribution is 6.31. The second-order valence-corrected chi connectivity index (χ2v) is 6.62. The van der Waals surface area contributed by atoms with Gasteiger partial charge in [0.25, 0.3) is 0 Å². The van der Waals surface area contributed by atoms with Gasteiger partial charge in [-0.15, -0.1) is 10.2 Å². The van der Waals surface area contributed by atoms with E-state index in [-0.39, 0.29) is 13.1 Å². The highest BCUT2D eigenvalue weighted by atomic mass is 35.5. The van der Waals surface area contributed by atoms with Gasteiger partial charge < -0.3 is 16.0 Å². The molecule has 128 valence electrons. The Labute approximate surface area is 154 Å². The van der Waals surface area contributed by atoms with Crippen molar-refractivity contribution < 1.29 is 0 Å². The fourth-order valence-corrected chi connectivity index (χ4v) is 3.64. The first-order chi connectivity index (χ1) is 12.1. The maximum absolute atomic E-state index is 13.0. The van der Waals surface area contributed by atoms with Crippen LogP contribution in [0.4, 0.5) is 0 Å². The summed E-state index contributed by atoms with van der Waals surface area (Å²) in [7, 11) is 0. The number of hydroxylamine groups is 2. The molecule has 3 aromatic rings. The molecule has 0 aliphatic carbocycles. The van der Waals surface area contributed by atoms with Crippen LogP contribution in [0.5, 0.6) is 0 Å². The molecular formula is C17H14Cl2N5O-. The zero-order valence-corrected chi connectivity index (χ0v) is 14.6. The minimum absolute atomic E-state index is 0.0647. The number of aromatic nitrogens is 3. The lowest BCUT2D eigenvalue weighted by Crippen LogP contribution is -2.23. The van der Waals surface area contributed by atoms with E-state index in [9.17, 15) is 5.21 Å². The van der Waals surface area contributed by atoms with Crippen LogP contribution in [0.3, 0.4) is 0 Å². The summed E-state index contributed by atoms with van der Waals surface area (Å²) in [6.45, 7) is 0.278. The lowest BCUT2D eigenvalue weighted by atomic mass is 9.97. The highest BCUT2D eigenvalue weighted by Gasteiger charge is 2.29. The van der Waals surface area contributed by atoms with Crippen molar-refractivity contribution in [2.45, 2.75) is 19.1 Å². The minimum Gasteiger partial charge on any atom is -0.784 e. The Morgan fingerprint density at radius 1 is 1.12 bits per heavy atom. The molecule has 0 radical (unpaired) electrons. The SMILES string of the molecule is NCc1nnc2n1-c1ccc(Cl)cc1C(c1ccccc1Cl)N([O-])C2. The molecule has 25 heavy (non-hydrogen) atoms. The number of nitrogens with zero attached hydrogens (tertiary/aromatic N) is 4. The third-order valence-electron chi connectivity index (χ3n) is 4.29. The summed E-state index contributed by atoms with van der Waals surface area (Å²) in [5, 5.41) is 23.2. The Hall–Kier alpha value is -1.96. The Morgan fingerprint density at radius 3 is 2.68 bits per heavy atom. The van der Waals surface area contributed by atoms with E-state index in [1.54, 1.807) is 18.2 Å². The number of fused-ring (bicyclic) bond motifs is 3. The molecule has 4 rings (SSSR count). The largest absolute Gasteiger partial charge is 0.784 e. The van der Waals surface area contributed by atoms with Crippen LogP contribution in [0.2, 0.25) is 10.0 Å². The van der Waals surface area contributed by atoms with E-state index in [4.69, 9.17) is 28.9 Å². The number of nitrogens with two attached hydrogens (primary N) is 1. The van der Waals surface area contributed by atoms with Gasteiger partial charge in [0, 0.05) is 16.6 Å². The van der Waals surface area contributed by atoms with Gasteiger partial charge in [0.2, 0.25) is 0 Å². The summed E-state index contributed by atoms with van der Waals surface area (Å²) in [6.07, 6.45) is 0. The predicted octanol–water partition coefficient (Wildman–Crippen LogP) is 3.44. The first-order valence-corrected chi connectivity index (χ1v) is 8.47. The summed E-state index contributed by atoms with van der Waals surface area (Å²) in [6, 6.07) is 12.1. The standard InChI is InChI=1S/C17H14Cl2N5O/c18-10-5-6-14-12(7-10)17(11-3-1-2-4-13(11)19)23(25)9-16-22-21-15(8-20)24(14)16/h1-7,17H,8-9,20H2/q-1. The van der Waals surface area contributed by atoms with E-state index < -0.39 is 6.04 Å². The van der Waals surface area contributed by atoms with Crippen LogP contribution >= 0.6 is 23.2 Å². The molecule has 2 heterocycles. The highest BCUT2D eigenvalue weighted by Crippen LogP contribution is 2.40. The minimum atomic E-state index is -0.602. The van der Waals surface area contributed by atoms with Crippen molar-refractivity contribution in [2.24, 2.45) is 5.73 Å². The molecule has 0 saturated heterocycles. The molecule has 1 atom stereocenters. The van der Waals surface area contributed by atoms with Gasteiger partial charge in [0.05, 0.1) is 18.3 Å². The summed E-state index contributed by atoms with van der Waals surface area (Å²) in [4.78, 5) is 0. The average molecular weight is 375 g/mol. The Morgan fingerprint density at radius 2 is 1.92 bits per heavy atom. The fraction of sp³-hybridized carbons (Fsp3) is 0.176. The number of halogens is 2. The van der Waals surface area contributed by atoms with Crippen molar-refractivity contribution >= 4 is 23.2 Å². The maximum atomic E-state index is 13.0. The fourth-order valence-electron chi connectivity index (χ4n) is 3.22. The second-order valence-electron chi connectivity index (χ2n) is 5.77.